The van der Waals surface area contributed by atoms with Crippen LogP contribution in [0.15, 0.2) is 47.6 Å². The first-order chi connectivity index (χ1) is 14.0. The second-order valence-electron chi connectivity index (χ2n) is 6.24. The van der Waals surface area contributed by atoms with Crippen LogP contribution < -0.4 is 15.6 Å². The molecule has 2 N–H and O–H groups in total. The standard InChI is InChI=1S/C18H18N6O5/c25-18(13-1-3-15(4-2-13)23(26)27)21-20-12-14-11-16(24(28)29)5-6-17(14)22-9-7-19-8-10-22/h1-6,11-12,19H,7-10H2,(H,21,25)/b20-12+. The molecule has 0 bridgehead atoms. The van der Waals surface area contributed by atoms with Crippen molar-refractivity contribution in [2.24, 2.45) is 5.10 Å². The van der Waals surface area contributed by atoms with Gasteiger partial charge in [0.1, 0.15) is 0 Å². The van der Waals surface area contributed by atoms with E-state index >= 15 is 0 Å². The number of hydrogen-bond acceptors (Lipinski definition) is 8. The van der Waals surface area contributed by atoms with Gasteiger partial charge in [0, 0.05) is 67.3 Å². The Morgan fingerprint density at radius 1 is 1.03 bits per heavy atom. The number of nitrogens with one attached hydrogen (secondary N) is 2. The quantitative estimate of drug-likeness (QED) is 0.428. The number of hydrogen-bond donors (Lipinski definition) is 2. The number of carbonyl (C=O) groups excluding carboxylic acids is 1. The lowest BCUT2D eigenvalue weighted by Gasteiger charge is -2.30. The Hall–Kier alpha value is -3.86. The number of nitro groups is 2. The second-order valence-corrected chi connectivity index (χ2v) is 6.24. The van der Waals surface area contributed by atoms with Crippen LogP contribution in [0.25, 0.3) is 0 Å². The van der Waals surface area contributed by atoms with Crippen LogP contribution in [0.5, 0.6) is 0 Å². The summed E-state index contributed by atoms with van der Waals surface area (Å²) in [6.07, 6.45) is 1.35. The molecule has 0 saturated carbocycles. The van der Waals surface area contributed by atoms with Gasteiger partial charge in [0.15, 0.2) is 0 Å². The van der Waals surface area contributed by atoms with Crippen molar-refractivity contribution >= 4 is 29.2 Å². The topological polar surface area (TPSA) is 143 Å². The monoisotopic (exact) mass is 398 g/mol. The third kappa shape index (κ3) is 4.90. The summed E-state index contributed by atoms with van der Waals surface area (Å²) in [5, 5.41) is 28.9. The number of nitro benzene ring substituents is 2. The fraction of sp³-hybridized carbons (Fsp3) is 0.222. The summed E-state index contributed by atoms with van der Waals surface area (Å²) in [5.74, 6) is -0.551. The minimum absolute atomic E-state index is 0.0768. The zero-order chi connectivity index (χ0) is 20.8. The maximum atomic E-state index is 12.2. The number of rotatable bonds is 6. The summed E-state index contributed by atoms with van der Waals surface area (Å²) in [6, 6.07) is 9.60. The molecule has 1 heterocycles. The highest BCUT2D eigenvalue weighted by Crippen LogP contribution is 2.24. The van der Waals surface area contributed by atoms with Crippen LogP contribution >= 0.6 is 0 Å². The lowest BCUT2D eigenvalue weighted by Crippen LogP contribution is -2.43. The van der Waals surface area contributed by atoms with Gasteiger partial charge in [-0.25, -0.2) is 5.43 Å². The predicted molar refractivity (Wildman–Crippen MR) is 106 cm³/mol. The van der Waals surface area contributed by atoms with Crippen molar-refractivity contribution in [1.29, 1.82) is 0 Å². The first kappa shape index (κ1) is 19.9. The Balaban J connectivity index is 1.77. The highest BCUT2D eigenvalue weighted by molar-refractivity contribution is 5.96. The van der Waals surface area contributed by atoms with E-state index in [1.54, 1.807) is 6.07 Å². The maximum absolute atomic E-state index is 12.2. The van der Waals surface area contributed by atoms with Gasteiger partial charge >= 0.3 is 0 Å². The summed E-state index contributed by atoms with van der Waals surface area (Å²) in [5.41, 5.74) is 3.63. The molecule has 1 saturated heterocycles. The zero-order valence-corrected chi connectivity index (χ0v) is 15.3. The Labute approximate surface area is 165 Å². The molecule has 0 unspecified atom stereocenters. The highest BCUT2D eigenvalue weighted by Gasteiger charge is 2.17. The molecule has 11 heteroatoms. The van der Waals surface area contributed by atoms with Crippen molar-refractivity contribution in [3.63, 3.8) is 0 Å². The van der Waals surface area contributed by atoms with Crippen LogP contribution in [-0.2, 0) is 0 Å². The van der Waals surface area contributed by atoms with E-state index in [1.807, 2.05) is 0 Å². The Bertz CT molecular complexity index is 954. The van der Waals surface area contributed by atoms with Crippen LogP contribution in [0, 0.1) is 20.2 Å². The van der Waals surface area contributed by atoms with Gasteiger partial charge in [-0.3, -0.25) is 25.0 Å². The van der Waals surface area contributed by atoms with Crippen molar-refractivity contribution < 1.29 is 14.6 Å². The molecule has 1 aliphatic heterocycles. The van der Waals surface area contributed by atoms with Crippen molar-refractivity contribution in [1.82, 2.24) is 10.7 Å². The molecule has 11 nitrogen and oxygen atoms in total. The number of nitrogens with zero attached hydrogens (tertiary/aromatic N) is 4. The number of benzene rings is 2. The molecule has 3 rings (SSSR count). The van der Waals surface area contributed by atoms with Crippen molar-refractivity contribution in [2.75, 3.05) is 31.1 Å². The zero-order valence-electron chi connectivity index (χ0n) is 15.3. The maximum Gasteiger partial charge on any atom is 0.271 e. The Kier molecular flexibility index (Phi) is 6.09. The first-order valence-corrected chi connectivity index (χ1v) is 8.77. The molecule has 2 aromatic carbocycles. The van der Waals surface area contributed by atoms with Crippen LogP contribution in [0.1, 0.15) is 15.9 Å². The number of amides is 1. The van der Waals surface area contributed by atoms with Gasteiger partial charge in [-0.1, -0.05) is 0 Å². The third-order valence-corrected chi connectivity index (χ3v) is 4.39. The molecule has 0 spiro atoms. The number of piperazine rings is 1. The van der Waals surface area contributed by atoms with E-state index in [1.165, 1.54) is 42.6 Å². The van der Waals surface area contributed by atoms with Gasteiger partial charge in [-0.05, 0) is 18.2 Å². The highest BCUT2D eigenvalue weighted by atomic mass is 16.6. The van der Waals surface area contributed by atoms with Gasteiger partial charge in [0.05, 0.1) is 16.1 Å². The Morgan fingerprint density at radius 2 is 1.66 bits per heavy atom. The van der Waals surface area contributed by atoms with E-state index in [0.717, 1.165) is 31.9 Å². The molecule has 1 amide bonds. The number of non-ortho nitro benzene ring substituents is 2. The fourth-order valence-electron chi connectivity index (χ4n) is 2.91. The van der Waals surface area contributed by atoms with Crippen LogP contribution in [-0.4, -0.2) is 48.1 Å². The number of hydrazone groups is 1. The molecule has 1 aliphatic rings. The predicted octanol–water partition coefficient (Wildman–Crippen LogP) is 1.68. The SMILES string of the molecule is O=C(N/N=C/c1cc([N+](=O)[O-])ccc1N1CCNCC1)c1ccc([N+](=O)[O-])cc1. The van der Waals surface area contributed by atoms with Crippen molar-refractivity contribution in [2.45, 2.75) is 0 Å². The summed E-state index contributed by atoms with van der Waals surface area (Å²) < 4.78 is 0. The molecule has 0 radical (unpaired) electrons. The second kappa shape index (κ2) is 8.89. The van der Waals surface area contributed by atoms with Gasteiger partial charge < -0.3 is 10.2 Å². The minimum Gasteiger partial charge on any atom is -0.368 e. The fourth-order valence-corrected chi connectivity index (χ4v) is 2.91. The Morgan fingerprint density at radius 3 is 2.28 bits per heavy atom. The number of carbonyl (C=O) groups is 1. The van der Waals surface area contributed by atoms with E-state index in [9.17, 15) is 25.0 Å². The normalized spacial score (nSPS) is 14.0. The lowest BCUT2D eigenvalue weighted by molar-refractivity contribution is -0.385. The van der Waals surface area contributed by atoms with E-state index in [2.05, 4.69) is 20.7 Å². The molecular weight excluding hydrogens is 380 g/mol. The van der Waals surface area contributed by atoms with Crippen molar-refractivity contribution in [3.05, 3.63) is 73.8 Å². The van der Waals surface area contributed by atoms with Crippen LogP contribution in [0.2, 0.25) is 0 Å². The molecule has 0 atom stereocenters. The average molecular weight is 398 g/mol. The van der Waals surface area contributed by atoms with Gasteiger partial charge in [-0.2, -0.15) is 5.10 Å². The van der Waals surface area contributed by atoms with E-state index < -0.39 is 15.8 Å². The summed E-state index contributed by atoms with van der Waals surface area (Å²) in [7, 11) is 0. The van der Waals surface area contributed by atoms with Gasteiger partial charge in [0.2, 0.25) is 0 Å². The molecular formula is C18H18N6O5. The summed E-state index contributed by atoms with van der Waals surface area (Å²) in [4.78, 5) is 35.0. The lowest BCUT2D eigenvalue weighted by atomic mass is 10.1. The summed E-state index contributed by atoms with van der Waals surface area (Å²) in [6.45, 7) is 3.08. The number of anilines is 1. The third-order valence-electron chi connectivity index (χ3n) is 4.39. The smallest absolute Gasteiger partial charge is 0.271 e. The van der Waals surface area contributed by atoms with E-state index in [4.69, 9.17) is 0 Å². The van der Waals surface area contributed by atoms with Gasteiger partial charge in [0.25, 0.3) is 17.3 Å². The molecule has 0 aromatic heterocycles. The van der Waals surface area contributed by atoms with Crippen molar-refractivity contribution in [3.8, 4) is 0 Å². The minimum atomic E-state index is -0.556. The molecule has 1 fully saturated rings. The molecule has 0 aliphatic carbocycles. The first-order valence-electron chi connectivity index (χ1n) is 8.77. The van der Waals surface area contributed by atoms with Crippen LogP contribution in [0.4, 0.5) is 17.1 Å². The van der Waals surface area contributed by atoms with E-state index in [0.29, 0.717) is 5.56 Å². The molecule has 2 aromatic rings. The average Bonchev–Trinajstić information content (AvgIpc) is 2.74. The molecule has 150 valence electrons. The van der Waals surface area contributed by atoms with E-state index in [-0.39, 0.29) is 16.9 Å². The van der Waals surface area contributed by atoms with Crippen LogP contribution in [0.3, 0.4) is 0 Å². The summed E-state index contributed by atoms with van der Waals surface area (Å²) >= 11 is 0. The molecule has 29 heavy (non-hydrogen) atoms. The van der Waals surface area contributed by atoms with Gasteiger partial charge in [-0.15, -0.1) is 0 Å². The largest absolute Gasteiger partial charge is 0.368 e.